The summed E-state index contributed by atoms with van der Waals surface area (Å²) in [5, 5.41) is 11.0. The summed E-state index contributed by atoms with van der Waals surface area (Å²) < 4.78 is 17.3. The van der Waals surface area contributed by atoms with Crippen LogP contribution in [0.4, 0.5) is 5.69 Å². The number of nitrogens with one attached hydrogen (secondary N) is 1. The van der Waals surface area contributed by atoms with Gasteiger partial charge in [-0.25, -0.2) is 0 Å². The average Bonchev–Trinajstić information content (AvgIpc) is 3.18. The molecule has 8 heteroatoms. The Morgan fingerprint density at radius 3 is 2.79 bits per heavy atom. The Bertz CT molecular complexity index is 1040. The highest BCUT2D eigenvalue weighted by molar-refractivity contribution is 8.00. The monoisotopic (exact) mass is 411 g/mol. The highest BCUT2D eigenvalue weighted by Crippen LogP contribution is 2.36. The zero-order valence-electron chi connectivity index (χ0n) is 16.3. The SMILES string of the molecule is Cc1ccc(C)c(NC(=O)[C@H](C)Sc2nnc([C@@H]3COc4ccccc4O3)o2)c1. The fourth-order valence-electron chi connectivity index (χ4n) is 2.85. The first kappa shape index (κ1) is 19.3. The first-order chi connectivity index (χ1) is 14.0. The van der Waals surface area contributed by atoms with E-state index in [2.05, 4.69) is 15.5 Å². The summed E-state index contributed by atoms with van der Waals surface area (Å²) >= 11 is 1.20. The number of para-hydroxylation sites is 2. The molecule has 1 amide bonds. The number of fused-ring (bicyclic) bond motifs is 1. The second kappa shape index (κ2) is 8.16. The number of anilines is 1. The Morgan fingerprint density at radius 2 is 1.97 bits per heavy atom. The zero-order chi connectivity index (χ0) is 20.4. The number of benzene rings is 2. The number of carbonyl (C=O) groups excluding carboxylic acids is 1. The van der Waals surface area contributed by atoms with Crippen LogP contribution in [-0.2, 0) is 4.79 Å². The fourth-order valence-corrected chi connectivity index (χ4v) is 3.54. The average molecular weight is 411 g/mol. The molecule has 2 aromatic carbocycles. The summed E-state index contributed by atoms with van der Waals surface area (Å²) in [5.74, 6) is 1.52. The number of amides is 1. The number of carbonyl (C=O) groups is 1. The number of hydrogen-bond acceptors (Lipinski definition) is 7. The van der Waals surface area contributed by atoms with Gasteiger partial charge >= 0.3 is 0 Å². The number of aromatic nitrogens is 2. The normalized spacial score (nSPS) is 16.3. The molecule has 29 heavy (non-hydrogen) atoms. The smallest absolute Gasteiger partial charge is 0.277 e. The maximum atomic E-state index is 12.6. The Labute approximate surface area is 172 Å². The molecule has 4 rings (SSSR count). The van der Waals surface area contributed by atoms with Crippen LogP contribution in [0.25, 0.3) is 0 Å². The van der Waals surface area contributed by atoms with Crippen molar-refractivity contribution in [1.82, 2.24) is 10.2 Å². The summed E-state index contributed by atoms with van der Waals surface area (Å²) in [4.78, 5) is 12.6. The summed E-state index contributed by atoms with van der Waals surface area (Å²) in [7, 11) is 0. The van der Waals surface area contributed by atoms with Crippen LogP contribution >= 0.6 is 11.8 Å². The maximum absolute atomic E-state index is 12.6. The third-order valence-electron chi connectivity index (χ3n) is 4.50. The summed E-state index contributed by atoms with van der Waals surface area (Å²) in [6, 6.07) is 13.4. The Morgan fingerprint density at radius 1 is 1.17 bits per heavy atom. The first-order valence-corrected chi connectivity index (χ1v) is 10.1. The Balaban J connectivity index is 1.38. The van der Waals surface area contributed by atoms with Crippen LogP contribution in [0.3, 0.4) is 0 Å². The highest BCUT2D eigenvalue weighted by Gasteiger charge is 2.28. The molecule has 0 fully saturated rings. The third kappa shape index (κ3) is 4.37. The number of nitrogens with zero attached hydrogens (tertiary/aromatic N) is 2. The molecule has 1 aliphatic rings. The molecule has 1 N–H and O–H groups in total. The van der Waals surface area contributed by atoms with E-state index in [1.165, 1.54) is 11.8 Å². The van der Waals surface area contributed by atoms with E-state index < -0.39 is 11.4 Å². The Kier molecular flexibility index (Phi) is 5.44. The van der Waals surface area contributed by atoms with Crippen molar-refractivity contribution in [1.29, 1.82) is 0 Å². The molecular weight excluding hydrogens is 390 g/mol. The van der Waals surface area contributed by atoms with E-state index in [-0.39, 0.29) is 12.5 Å². The van der Waals surface area contributed by atoms with Gasteiger partial charge in [0, 0.05) is 5.69 Å². The van der Waals surface area contributed by atoms with E-state index in [4.69, 9.17) is 13.9 Å². The lowest BCUT2D eigenvalue weighted by atomic mass is 10.1. The molecule has 2 atom stereocenters. The van der Waals surface area contributed by atoms with Crippen LogP contribution in [0.5, 0.6) is 11.5 Å². The summed E-state index contributed by atoms with van der Waals surface area (Å²) in [5.41, 5.74) is 2.90. The maximum Gasteiger partial charge on any atom is 0.277 e. The molecule has 0 unspecified atom stereocenters. The predicted molar refractivity (Wildman–Crippen MR) is 109 cm³/mol. The van der Waals surface area contributed by atoms with Crippen LogP contribution in [0.1, 0.15) is 30.0 Å². The molecule has 0 aliphatic carbocycles. The lowest BCUT2D eigenvalue weighted by Gasteiger charge is -2.23. The van der Waals surface area contributed by atoms with Crippen molar-refractivity contribution in [2.45, 2.75) is 37.3 Å². The van der Waals surface area contributed by atoms with Gasteiger partial charge < -0.3 is 19.2 Å². The zero-order valence-corrected chi connectivity index (χ0v) is 17.2. The van der Waals surface area contributed by atoms with Gasteiger partial charge in [-0.3, -0.25) is 4.79 Å². The van der Waals surface area contributed by atoms with Crippen LogP contribution in [0.2, 0.25) is 0 Å². The van der Waals surface area contributed by atoms with Crippen LogP contribution in [0, 0.1) is 13.8 Å². The van der Waals surface area contributed by atoms with Crippen molar-refractivity contribution in [3.8, 4) is 11.5 Å². The van der Waals surface area contributed by atoms with Crippen LogP contribution in [-0.4, -0.2) is 28.0 Å². The number of hydrogen-bond donors (Lipinski definition) is 1. The molecule has 2 heterocycles. The topological polar surface area (TPSA) is 86.5 Å². The van der Waals surface area contributed by atoms with Crippen molar-refractivity contribution >= 4 is 23.4 Å². The molecular formula is C21H21N3O4S. The molecule has 0 spiro atoms. The molecule has 1 aromatic heterocycles. The van der Waals surface area contributed by atoms with Gasteiger partial charge in [0.05, 0.1) is 5.25 Å². The standard InChI is InChI=1S/C21H21N3O4S/c1-12-8-9-13(2)15(10-12)22-19(25)14(3)29-21-24-23-20(28-21)18-11-26-16-6-4-5-7-17(16)27-18/h4-10,14,18H,11H2,1-3H3,(H,22,25)/t14-,18-/m0/s1. The van der Waals surface area contributed by atoms with E-state index in [0.717, 1.165) is 16.8 Å². The van der Waals surface area contributed by atoms with Gasteiger partial charge in [0.2, 0.25) is 12.0 Å². The lowest BCUT2D eigenvalue weighted by Crippen LogP contribution is -2.23. The number of aryl methyl sites for hydroxylation is 2. The first-order valence-electron chi connectivity index (χ1n) is 9.26. The van der Waals surface area contributed by atoms with Gasteiger partial charge in [-0.05, 0) is 50.1 Å². The van der Waals surface area contributed by atoms with E-state index in [9.17, 15) is 4.79 Å². The van der Waals surface area contributed by atoms with Crippen molar-refractivity contribution < 1.29 is 18.7 Å². The quantitative estimate of drug-likeness (QED) is 0.626. The number of ether oxygens (including phenoxy) is 2. The number of rotatable bonds is 5. The van der Waals surface area contributed by atoms with Gasteiger partial charge in [0.15, 0.2) is 11.5 Å². The minimum absolute atomic E-state index is 0.130. The molecule has 1 aliphatic heterocycles. The molecule has 7 nitrogen and oxygen atoms in total. The summed E-state index contributed by atoms with van der Waals surface area (Å²) in [6.07, 6.45) is -0.481. The van der Waals surface area contributed by atoms with Gasteiger partial charge in [0.1, 0.15) is 6.61 Å². The molecule has 150 valence electrons. The van der Waals surface area contributed by atoms with E-state index >= 15 is 0 Å². The molecule has 0 radical (unpaired) electrons. The fraction of sp³-hybridized carbons (Fsp3) is 0.286. The van der Waals surface area contributed by atoms with Gasteiger partial charge in [-0.2, -0.15) is 0 Å². The van der Waals surface area contributed by atoms with E-state index in [1.54, 1.807) is 6.92 Å². The van der Waals surface area contributed by atoms with Gasteiger partial charge in [-0.1, -0.05) is 36.0 Å². The molecule has 0 bridgehead atoms. The van der Waals surface area contributed by atoms with Crippen LogP contribution < -0.4 is 14.8 Å². The number of thioether (sulfide) groups is 1. The van der Waals surface area contributed by atoms with Gasteiger partial charge in [-0.15, -0.1) is 10.2 Å². The van der Waals surface area contributed by atoms with Crippen molar-refractivity contribution in [2.75, 3.05) is 11.9 Å². The van der Waals surface area contributed by atoms with Crippen LogP contribution in [0.15, 0.2) is 52.1 Å². The van der Waals surface area contributed by atoms with Crippen molar-refractivity contribution in [3.63, 3.8) is 0 Å². The third-order valence-corrected chi connectivity index (χ3v) is 5.44. The minimum Gasteiger partial charge on any atom is -0.485 e. The minimum atomic E-state index is -0.481. The Hall–Kier alpha value is -3.00. The molecule has 0 saturated carbocycles. The lowest BCUT2D eigenvalue weighted by molar-refractivity contribution is -0.115. The van der Waals surface area contributed by atoms with Gasteiger partial charge in [0.25, 0.3) is 11.1 Å². The second-order valence-electron chi connectivity index (χ2n) is 6.84. The largest absolute Gasteiger partial charge is 0.485 e. The van der Waals surface area contributed by atoms with E-state index in [1.807, 2.05) is 56.3 Å². The second-order valence-corrected chi connectivity index (χ2v) is 8.13. The van der Waals surface area contributed by atoms with Crippen molar-refractivity contribution in [3.05, 3.63) is 59.5 Å². The van der Waals surface area contributed by atoms with E-state index in [0.29, 0.717) is 22.6 Å². The van der Waals surface area contributed by atoms with Crippen molar-refractivity contribution in [2.24, 2.45) is 0 Å². The highest BCUT2D eigenvalue weighted by atomic mass is 32.2. The predicted octanol–water partition coefficient (Wildman–Crippen LogP) is 4.32. The molecule has 0 saturated heterocycles. The molecule has 3 aromatic rings. The summed E-state index contributed by atoms with van der Waals surface area (Å²) in [6.45, 7) is 6.03.